The molecule has 4 nitrogen and oxygen atoms in total. The Hall–Kier alpha value is -1.49. The Labute approximate surface area is 97.0 Å². The average molecular weight is 237 g/mol. The van der Waals surface area contributed by atoms with Gasteiger partial charge in [-0.3, -0.25) is 9.59 Å². The highest BCUT2D eigenvalue weighted by molar-refractivity contribution is 8.26. The molecule has 2 N–H and O–H groups in total. The minimum atomic E-state index is -0.369. The third-order valence-corrected chi connectivity index (χ3v) is 3.22. The number of hydrogen-bond donors (Lipinski definition) is 2. The van der Waals surface area contributed by atoms with Crippen LogP contribution in [0.4, 0.5) is 4.79 Å². The van der Waals surface area contributed by atoms with Crippen molar-refractivity contribution in [2.75, 3.05) is 0 Å². The Morgan fingerprint density at radius 3 is 2.50 bits per heavy atom. The van der Waals surface area contributed by atoms with Gasteiger partial charge in [-0.25, -0.2) is 0 Å². The predicted octanol–water partition coefficient (Wildman–Crippen LogP) is 1.68. The molecule has 0 aromatic heterocycles. The maximum atomic E-state index is 11.3. The maximum Gasteiger partial charge on any atom is 0.287 e. The zero-order valence-electron chi connectivity index (χ0n) is 8.47. The lowest BCUT2D eigenvalue weighted by atomic mass is 10.1. The Balaban J connectivity index is 1.90. The molecule has 0 radical (unpaired) electrons. The fourth-order valence-electron chi connectivity index (χ4n) is 1.56. The average Bonchev–Trinajstić information content (AvgIpc) is 2.57. The largest absolute Gasteiger partial charge is 0.508 e. The summed E-state index contributed by atoms with van der Waals surface area (Å²) in [6, 6.07) is 6.47. The molecule has 1 fully saturated rings. The number of phenolic OH excluding ortho intramolecular Hbond substituents is 1. The van der Waals surface area contributed by atoms with Crippen LogP contribution in [-0.4, -0.2) is 21.5 Å². The lowest BCUT2D eigenvalue weighted by Gasteiger charge is -2.07. The van der Waals surface area contributed by atoms with Gasteiger partial charge in [-0.15, -0.1) is 0 Å². The maximum absolute atomic E-state index is 11.3. The van der Waals surface area contributed by atoms with Crippen LogP contribution < -0.4 is 5.32 Å². The van der Waals surface area contributed by atoms with E-state index in [1.165, 1.54) is 0 Å². The number of benzene rings is 1. The van der Waals surface area contributed by atoms with E-state index in [1.807, 2.05) is 12.1 Å². The first kappa shape index (κ1) is 11.0. The molecule has 1 aliphatic heterocycles. The molecule has 0 aliphatic carbocycles. The van der Waals surface area contributed by atoms with Gasteiger partial charge < -0.3 is 10.4 Å². The first-order chi connectivity index (χ1) is 7.65. The number of carbonyl (C=O) groups is 2. The topological polar surface area (TPSA) is 66.4 Å². The fraction of sp³-hybridized carbons (Fsp3) is 0.273. The fourth-order valence-corrected chi connectivity index (χ4v) is 2.26. The van der Waals surface area contributed by atoms with Crippen LogP contribution in [0.15, 0.2) is 24.3 Å². The molecule has 2 rings (SSSR count). The quantitative estimate of drug-likeness (QED) is 0.839. The summed E-state index contributed by atoms with van der Waals surface area (Å²) in [5, 5.41) is 11.3. The molecular formula is C11H11NO3S. The Bertz CT molecular complexity index is 416. The van der Waals surface area contributed by atoms with Crippen LogP contribution in [0.2, 0.25) is 0 Å². The summed E-state index contributed by atoms with van der Waals surface area (Å²) in [7, 11) is 0. The van der Waals surface area contributed by atoms with Gasteiger partial charge in [0.2, 0.25) is 5.12 Å². The Kier molecular flexibility index (Phi) is 3.14. The van der Waals surface area contributed by atoms with Crippen molar-refractivity contribution in [1.82, 2.24) is 5.32 Å². The number of aromatic hydroxyl groups is 1. The van der Waals surface area contributed by atoms with E-state index in [1.54, 1.807) is 12.1 Å². The summed E-state index contributed by atoms with van der Waals surface area (Å²) in [6.45, 7) is 0. The molecule has 16 heavy (non-hydrogen) atoms. The van der Waals surface area contributed by atoms with Crippen LogP contribution in [-0.2, 0) is 11.2 Å². The first-order valence-corrected chi connectivity index (χ1v) is 5.77. The van der Waals surface area contributed by atoms with Crippen LogP contribution in [0.25, 0.3) is 0 Å². The van der Waals surface area contributed by atoms with Crippen molar-refractivity contribution in [3.05, 3.63) is 29.8 Å². The second-order valence-electron chi connectivity index (χ2n) is 3.61. The third-order valence-electron chi connectivity index (χ3n) is 2.43. The van der Waals surface area contributed by atoms with Gasteiger partial charge in [0.1, 0.15) is 5.75 Å². The minimum absolute atomic E-state index is 0.108. The molecule has 84 valence electrons. The molecule has 1 atom stereocenters. The van der Waals surface area contributed by atoms with Gasteiger partial charge in [0.05, 0.1) is 6.04 Å². The Morgan fingerprint density at radius 2 is 1.94 bits per heavy atom. The molecular weight excluding hydrogens is 226 g/mol. The predicted molar refractivity (Wildman–Crippen MR) is 61.3 cm³/mol. The number of carbonyl (C=O) groups excluding carboxylic acids is 2. The second kappa shape index (κ2) is 4.57. The molecule has 1 aromatic rings. The summed E-state index contributed by atoms with van der Waals surface area (Å²) < 4.78 is 0. The smallest absolute Gasteiger partial charge is 0.287 e. The van der Waals surface area contributed by atoms with E-state index >= 15 is 0 Å². The van der Waals surface area contributed by atoms with E-state index in [0.29, 0.717) is 12.8 Å². The standard InChI is InChI=1S/C11H11NO3S/c13-8-4-1-7(2-5-8)3-6-9-10(14)16-11(15)12-9/h1-2,4-5,9,13H,3,6H2,(H,12,15). The van der Waals surface area contributed by atoms with Gasteiger partial charge in [0, 0.05) is 11.8 Å². The number of rotatable bonds is 3. The number of nitrogens with one attached hydrogen (secondary N) is 1. The van der Waals surface area contributed by atoms with Crippen molar-refractivity contribution in [2.24, 2.45) is 0 Å². The van der Waals surface area contributed by atoms with Gasteiger partial charge in [0.25, 0.3) is 5.24 Å². The first-order valence-electron chi connectivity index (χ1n) is 4.95. The van der Waals surface area contributed by atoms with E-state index < -0.39 is 0 Å². The number of hydrogen-bond acceptors (Lipinski definition) is 4. The van der Waals surface area contributed by atoms with E-state index in [-0.39, 0.29) is 22.1 Å². The molecule has 1 aromatic carbocycles. The molecule has 0 spiro atoms. The van der Waals surface area contributed by atoms with Gasteiger partial charge in [-0.1, -0.05) is 12.1 Å². The monoisotopic (exact) mass is 237 g/mol. The normalized spacial score (nSPS) is 19.9. The van der Waals surface area contributed by atoms with Gasteiger partial charge >= 0.3 is 0 Å². The van der Waals surface area contributed by atoms with Crippen LogP contribution in [0.3, 0.4) is 0 Å². The minimum Gasteiger partial charge on any atom is -0.508 e. The summed E-state index contributed by atoms with van der Waals surface area (Å²) in [5.74, 6) is 0.226. The Morgan fingerprint density at radius 1 is 1.25 bits per heavy atom. The van der Waals surface area contributed by atoms with Crippen LogP contribution >= 0.6 is 11.8 Å². The van der Waals surface area contributed by atoms with Crippen molar-refractivity contribution in [3.8, 4) is 5.75 Å². The lowest BCUT2D eigenvalue weighted by molar-refractivity contribution is -0.112. The van der Waals surface area contributed by atoms with E-state index in [0.717, 1.165) is 17.3 Å². The molecule has 0 bridgehead atoms. The molecule has 5 heteroatoms. The molecule has 1 heterocycles. The van der Waals surface area contributed by atoms with Gasteiger partial charge in [-0.05, 0) is 30.5 Å². The van der Waals surface area contributed by atoms with Crippen LogP contribution in [0.5, 0.6) is 5.75 Å². The van der Waals surface area contributed by atoms with Gasteiger partial charge in [0.15, 0.2) is 0 Å². The number of amides is 1. The van der Waals surface area contributed by atoms with Crippen molar-refractivity contribution in [3.63, 3.8) is 0 Å². The van der Waals surface area contributed by atoms with E-state index in [4.69, 9.17) is 5.11 Å². The molecule has 1 aliphatic rings. The van der Waals surface area contributed by atoms with Crippen molar-refractivity contribution >= 4 is 22.1 Å². The molecule has 1 unspecified atom stereocenters. The lowest BCUT2D eigenvalue weighted by Crippen LogP contribution is -2.29. The summed E-state index contributed by atoms with van der Waals surface area (Å²) >= 11 is 0.737. The van der Waals surface area contributed by atoms with Crippen molar-refractivity contribution in [1.29, 1.82) is 0 Å². The third kappa shape index (κ3) is 2.55. The van der Waals surface area contributed by atoms with Crippen LogP contribution in [0, 0.1) is 0 Å². The number of aryl methyl sites for hydroxylation is 1. The van der Waals surface area contributed by atoms with E-state index in [9.17, 15) is 9.59 Å². The summed E-state index contributed by atoms with van der Waals surface area (Å²) in [4.78, 5) is 22.2. The number of phenols is 1. The second-order valence-corrected chi connectivity index (χ2v) is 4.59. The summed E-state index contributed by atoms with van der Waals surface area (Å²) in [5.41, 5.74) is 1.04. The van der Waals surface area contributed by atoms with Crippen LogP contribution in [0.1, 0.15) is 12.0 Å². The van der Waals surface area contributed by atoms with E-state index in [2.05, 4.69) is 5.32 Å². The SMILES string of the molecule is O=C1NC(CCc2ccc(O)cc2)C(=O)S1. The highest BCUT2D eigenvalue weighted by Gasteiger charge is 2.30. The van der Waals surface area contributed by atoms with Crippen molar-refractivity contribution in [2.45, 2.75) is 18.9 Å². The zero-order chi connectivity index (χ0) is 11.5. The zero-order valence-corrected chi connectivity index (χ0v) is 9.29. The molecule has 1 saturated heterocycles. The molecule has 0 saturated carbocycles. The van der Waals surface area contributed by atoms with Gasteiger partial charge in [-0.2, -0.15) is 0 Å². The molecule has 1 amide bonds. The summed E-state index contributed by atoms with van der Waals surface area (Å²) in [6.07, 6.45) is 1.31. The highest BCUT2D eigenvalue weighted by atomic mass is 32.2. The highest BCUT2D eigenvalue weighted by Crippen LogP contribution is 2.19. The number of thioether (sulfide) groups is 1. The van der Waals surface area contributed by atoms with Crippen molar-refractivity contribution < 1.29 is 14.7 Å².